The maximum atomic E-state index is 12.6. The number of likely N-dealkylation sites (N-methyl/N-ethyl adjacent to an activating group) is 1. The predicted octanol–water partition coefficient (Wildman–Crippen LogP) is 2.41. The molecule has 1 heterocycles. The number of sulfone groups is 1. The number of carbonyl (C=O) groups excluding carboxylic acids is 3. The fourth-order valence-electron chi connectivity index (χ4n) is 3.47. The highest BCUT2D eigenvalue weighted by Gasteiger charge is 2.36. The van der Waals surface area contributed by atoms with Crippen LogP contribution < -0.4 is 4.74 Å². The second-order valence-electron chi connectivity index (χ2n) is 7.61. The molecule has 1 fully saturated rings. The number of ether oxygens (including phenoxy) is 2. The van der Waals surface area contributed by atoms with E-state index in [9.17, 15) is 22.8 Å². The van der Waals surface area contributed by atoms with Gasteiger partial charge in [0.05, 0.1) is 24.5 Å². The molecular formula is C22H31NO7S. The van der Waals surface area contributed by atoms with Gasteiger partial charge >= 0.3 is 5.97 Å². The SMILES string of the molecule is CCCOc1ccc(C(=O)CCC(=O)OC(C)C(=O)N(CC)C2CCS(=O)(=O)C2)cc1. The van der Waals surface area contributed by atoms with Crippen LogP contribution in [0.25, 0.3) is 0 Å². The number of nitrogens with zero attached hydrogens (tertiary/aromatic N) is 1. The number of amides is 1. The molecule has 2 unspecified atom stereocenters. The highest BCUT2D eigenvalue weighted by atomic mass is 32.2. The van der Waals surface area contributed by atoms with Gasteiger partial charge in [-0.25, -0.2) is 8.42 Å². The number of benzene rings is 1. The third-order valence-corrected chi connectivity index (χ3v) is 6.88. The van der Waals surface area contributed by atoms with E-state index in [-0.39, 0.29) is 30.1 Å². The minimum absolute atomic E-state index is 0.0345. The zero-order valence-electron chi connectivity index (χ0n) is 18.3. The van der Waals surface area contributed by atoms with Gasteiger partial charge in [-0.1, -0.05) is 6.92 Å². The fraction of sp³-hybridized carbons (Fsp3) is 0.591. The van der Waals surface area contributed by atoms with Crippen molar-refractivity contribution in [3.8, 4) is 5.75 Å². The Morgan fingerprint density at radius 3 is 2.35 bits per heavy atom. The van der Waals surface area contributed by atoms with Gasteiger partial charge in [0.1, 0.15) is 5.75 Å². The molecule has 1 saturated heterocycles. The Morgan fingerprint density at radius 1 is 1.13 bits per heavy atom. The lowest BCUT2D eigenvalue weighted by Gasteiger charge is -2.29. The van der Waals surface area contributed by atoms with Gasteiger partial charge in [0.25, 0.3) is 5.91 Å². The Labute approximate surface area is 183 Å². The van der Waals surface area contributed by atoms with E-state index in [2.05, 4.69) is 0 Å². The van der Waals surface area contributed by atoms with Crippen molar-refractivity contribution in [2.24, 2.45) is 0 Å². The first kappa shape index (κ1) is 24.8. The molecule has 0 bridgehead atoms. The van der Waals surface area contributed by atoms with E-state index in [0.29, 0.717) is 30.9 Å². The van der Waals surface area contributed by atoms with Crippen LogP contribution in [0.4, 0.5) is 0 Å². The lowest BCUT2D eigenvalue weighted by Crippen LogP contribution is -2.46. The number of rotatable bonds is 11. The molecule has 8 nitrogen and oxygen atoms in total. The lowest BCUT2D eigenvalue weighted by atomic mass is 10.1. The van der Waals surface area contributed by atoms with Crippen LogP contribution in [0.2, 0.25) is 0 Å². The van der Waals surface area contributed by atoms with Crippen molar-refractivity contribution >= 4 is 27.5 Å². The topological polar surface area (TPSA) is 107 Å². The smallest absolute Gasteiger partial charge is 0.307 e. The standard InChI is InChI=1S/C22H31NO7S/c1-4-13-29-19-8-6-17(7-9-19)20(24)10-11-21(25)30-16(3)22(26)23(5-2)18-12-14-31(27,28)15-18/h6-9,16,18H,4-5,10-15H2,1-3H3. The van der Waals surface area contributed by atoms with Crippen LogP contribution >= 0.6 is 0 Å². The Hall–Kier alpha value is -2.42. The quantitative estimate of drug-likeness (QED) is 0.374. The highest BCUT2D eigenvalue weighted by Crippen LogP contribution is 2.19. The summed E-state index contributed by atoms with van der Waals surface area (Å²) in [5, 5.41) is 0. The number of esters is 1. The molecular weight excluding hydrogens is 422 g/mol. The largest absolute Gasteiger partial charge is 0.494 e. The lowest BCUT2D eigenvalue weighted by molar-refractivity contribution is -0.159. The fourth-order valence-corrected chi connectivity index (χ4v) is 5.20. The molecule has 2 atom stereocenters. The van der Waals surface area contributed by atoms with Crippen LogP contribution in [0.1, 0.15) is 56.8 Å². The van der Waals surface area contributed by atoms with E-state index in [4.69, 9.17) is 9.47 Å². The number of carbonyl (C=O) groups is 3. The average molecular weight is 454 g/mol. The van der Waals surface area contributed by atoms with Crippen molar-refractivity contribution in [2.45, 2.75) is 58.6 Å². The van der Waals surface area contributed by atoms with E-state index in [1.807, 2.05) is 6.92 Å². The molecule has 1 aliphatic heterocycles. The van der Waals surface area contributed by atoms with Crippen molar-refractivity contribution in [2.75, 3.05) is 24.7 Å². The maximum absolute atomic E-state index is 12.6. The summed E-state index contributed by atoms with van der Waals surface area (Å²) in [6, 6.07) is 6.34. The third kappa shape index (κ3) is 7.34. The molecule has 0 spiro atoms. The molecule has 0 radical (unpaired) electrons. The summed E-state index contributed by atoms with van der Waals surface area (Å²) in [4.78, 5) is 38.5. The number of Topliss-reactive ketones (excluding diaryl/α,β-unsaturated/α-hetero) is 1. The van der Waals surface area contributed by atoms with Crippen LogP contribution in [-0.2, 0) is 24.2 Å². The summed E-state index contributed by atoms with van der Waals surface area (Å²) in [6.07, 6.45) is 0.0569. The normalized spacial score (nSPS) is 18.2. The maximum Gasteiger partial charge on any atom is 0.307 e. The molecule has 2 rings (SSSR count). The van der Waals surface area contributed by atoms with Crippen LogP contribution in [-0.4, -0.2) is 67.8 Å². The molecule has 1 aromatic rings. The minimum Gasteiger partial charge on any atom is -0.494 e. The molecule has 172 valence electrons. The van der Waals surface area contributed by atoms with Crippen molar-refractivity contribution < 1.29 is 32.3 Å². The number of ketones is 1. The molecule has 0 aromatic heterocycles. The van der Waals surface area contributed by atoms with Gasteiger partial charge < -0.3 is 14.4 Å². The summed E-state index contributed by atoms with van der Waals surface area (Å²) in [6.45, 7) is 6.15. The highest BCUT2D eigenvalue weighted by molar-refractivity contribution is 7.91. The third-order valence-electron chi connectivity index (χ3n) is 5.13. The second kappa shape index (κ2) is 11.3. The van der Waals surface area contributed by atoms with Gasteiger partial charge in [0.15, 0.2) is 21.7 Å². The first-order valence-electron chi connectivity index (χ1n) is 10.6. The Balaban J connectivity index is 1.82. The van der Waals surface area contributed by atoms with Crippen molar-refractivity contribution in [1.29, 1.82) is 0 Å². The summed E-state index contributed by atoms with van der Waals surface area (Å²) < 4.78 is 34.1. The molecule has 31 heavy (non-hydrogen) atoms. The Kier molecular flexibility index (Phi) is 9.03. The zero-order valence-corrected chi connectivity index (χ0v) is 19.2. The first-order chi connectivity index (χ1) is 14.7. The van der Waals surface area contributed by atoms with Crippen LogP contribution in [0, 0.1) is 0 Å². The molecule has 0 aliphatic carbocycles. The Morgan fingerprint density at radius 2 is 1.81 bits per heavy atom. The van der Waals surface area contributed by atoms with Crippen molar-refractivity contribution in [3.63, 3.8) is 0 Å². The van der Waals surface area contributed by atoms with Gasteiger partial charge in [-0.2, -0.15) is 0 Å². The molecule has 1 aromatic carbocycles. The molecule has 1 aliphatic rings. The average Bonchev–Trinajstić information content (AvgIpc) is 3.10. The first-order valence-corrected chi connectivity index (χ1v) is 12.5. The molecule has 1 amide bonds. The van der Waals surface area contributed by atoms with Crippen LogP contribution in [0.5, 0.6) is 5.75 Å². The summed E-state index contributed by atoms with van der Waals surface area (Å²) in [5.41, 5.74) is 0.473. The van der Waals surface area contributed by atoms with Gasteiger partial charge in [-0.3, -0.25) is 14.4 Å². The Bertz CT molecular complexity index is 880. The summed E-state index contributed by atoms with van der Waals surface area (Å²) in [5.74, 6) is -0.600. The van der Waals surface area contributed by atoms with Gasteiger partial charge in [0, 0.05) is 24.6 Å². The van der Waals surface area contributed by atoms with E-state index < -0.39 is 33.9 Å². The monoisotopic (exact) mass is 453 g/mol. The molecule has 0 saturated carbocycles. The van der Waals surface area contributed by atoms with Gasteiger partial charge in [-0.05, 0) is 51.0 Å². The van der Waals surface area contributed by atoms with Crippen LogP contribution in [0.15, 0.2) is 24.3 Å². The molecule has 9 heteroatoms. The number of hydrogen-bond donors (Lipinski definition) is 0. The van der Waals surface area contributed by atoms with E-state index in [0.717, 1.165) is 6.42 Å². The van der Waals surface area contributed by atoms with E-state index in [1.54, 1.807) is 31.2 Å². The van der Waals surface area contributed by atoms with Crippen molar-refractivity contribution in [1.82, 2.24) is 4.90 Å². The van der Waals surface area contributed by atoms with E-state index >= 15 is 0 Å². The molecule has 0 N–H and O–H groups in total. The van der Waals surface area contributed by atoms with Gasteiger partial charge in [-0.15, -0.1) is 0 Å². The summed E-state index contributed by atoms with van der Waals surface area (Å²) in [7, 11) is -3.13. The van der Waals surface area contributed by atoms with Gasteiger partial charge in [0.2, 0.25) is 0 Å². The predicted molar refractivity (Wildman–Crippen MR) is 116 cm³/mol. The van der Waals surface area contributed by atoms with Crippen molar-refractivity contribution in [3.05, 3.63) is 29.8 Å². The van der Waals surface area contributed by atoms with Crippen LogP contribution in [0.3, 0.4) is 0 Å². The minimum atomic E-state index is -3.13. The second-order valence-corrected chi connectivity index (χ2v) is 9.84. The zero-order chi connectivity index (χ0) is 23.0. The summed E-state index contributed by atoms with van der Waals surface area (Å²) >= 11 is 0. The number of hydrogen-bond acceptors (Lipinski definition) is 7. The van der Waals surface area contributed by atoms with E-state index in [1.165, 1.54) is 11.8 Å².